The minimum atomic E-state index is -1.22. The topological polar surface area (TPSA) is 108 Å². The van der Waals surface area contributed by atoms with E-state index in [0.717, 1.165) is 18.9 Å². The second-order valence-electron chi connectivity index (χ2n) is 8.77. The van der Waals surface area contributed by atoms with Gasteiger partial charge in [-0.05, 0) is 36.6 Å². The lowest BCUT2D eigenvalue weighted by molar-refractivity contribution is -0.120. The van der Waals surface area contributed by atoms with Crippen molar-refractivity contribution in [2.45, 2.75) is 24.8 Å². The van der Waals surface area contributed by atoms with Crippen LogP contribution in [-0.4, -0.2) is 64.4 Å². The van der Waals surface area contributed by atoms with Gasteiger partial charge in [0, 0.05) is 44.3 Å². The lowest BCUT2D eigenvalue weighted by atomic mass is 9.88. The highest BCUT2D eigenvalue weighted by Crippen LogP contribution is 2.38. The van der Waals surface area contributed by atoms with Gasteiger partial charge in [0.15, 0.2) is 5.69 Å². The zero-order valence-electron chi connectivity index (χ0n) is 18.3. The highest BCUT2D eigenvalue weighted by Gasteiger charge is 2.42. The number of carbonyl (C=O) groups is 2. The molecule has 3 heterocycles. The quantitative estimate of drug-likeness (QED) is 0.528. The summed E-state index contributed by atoms with van der Waals surface area (Å²) >= 11 is 0. The molecule has 2 aliphatic rings. The van der Waals surface area contributed by atoms with Crippen LogP contribution < -0.4 is 5.32 Å². The minimum absolute atomic E-state index is 0.192. The molecule has 2 aliphatic heterocycles. The molecule has 1 aromatic heterocycles. The first kappa shape index (κ1) is 22.4. The second-order valence-corrected chi connectivity index (χ2v) is 8.77. The third-order valence-corrected chi connectivity index (χ3v) is 6.80. The Kier molecular flexibility index (Phi) is 6.01. The summed E-state index contributed by atoms with van der Waals surface area (Å²) in [5.74, 6) is -4.01. The average molecular weight is 470 g/mol. The van der Waals surface area contributed by atoms with Gasteiger partial charge in [0.1, 0.15) is 11.6 Å². The van der Waals surface area contributed by atoms with E-state index in [1.165, 1.54) is 12.1 Å². The molecule has 8 nitrogen and oxygen atoms in total. The maximum atomic E-state index is 14.8. The van der Waals surface area contributed by atoms with Crippen molar-refractivity contribution in [1.29, 1.82) is 0 Å². The number of H-pyrrole nitrogens is 1. The average Bonchev–Trinajstić information content (AvgIpc) is 3.45. The zero-order valence-corrected chi connectivity index (χ0v) is 18.3. The molecule has 2 fully saturated rings. The highest BCUT2D eigenvalue weighted by molar-refractivity contribution is 6.10. The minimum Gasteiger partial charge on any atom is -0.476 e. The number of nitrogens with one attached hydrogen (secondary N) is 2. The number of carbonyl (C=O) groups excluding carboxylic acids is 1. The van der Waals surface area contributed by atoms with Crippen LogP contribution >= 0.6 is 0 Å². The van der Waals surface area contributed by atoms with Gasteiger partial charge in [-0.1, -0.05) is 12.1 Å². The molecule has 0 radical (unpaired) electrons. The molecular weight excluding hydrogens is 446 g/mol. The van der Waals surface area contributed by atoms with Gasteiger partial charge >= 0.3 is 5.97 Å². The van der Waals surface area contributed by atoms with Crippen molar-refractivity contribution in [2.24, 2.45) is 5.92 Å². The van der Waals surface area contributed by atoms with E-state index in [9.17, 15) is 23.5 Å². The predicted molar refractivity (Wildman–Crippen MR) is 120 cm³/mol. The molecule has 3 aromatic rings. The van der Waals surface area contributed by atoms with Crippen LogP contribution in [0.5, 0.6) is 0 Å². The number of likely N-dealkylation sites (tertiary alicyclic amines) is 1. The number of aromatic amines is 1. The second kappa shape index (κ2) is 9.11. The molecule has 2 atom stereocenters. The van der Waals surface area contributed by atoms with Gasteiger partial charge < -0.3 is 15.2 Å². The van der Waals surface area contributed by atoms with Crippen LogP contribution in [0, 0.1) is 17.6 Å². The van der Waals surface area contributed by atoms with Crippen molar-refractivity contribution in [2.75, 3.05) is 31.6 Å². The summed E-state index contributed by atoms with van der Waals surface area (Å²) in [6.45, 7) is 2.13. The molecule has 5 rings (SSSR count). The van der Waals surface area contributed by atoms with E-state index in [1.54, 1.807) is 18.2 Å². The number of hydrogen-bond acceptors (Lipinski definition) is 5. The van der Waals surface area contributed by atoms with E-state index in [2.05, 4.69) is 20.4 Å². The number of carboxylic acids is 1. The fraction of sp³-hybridized carbons (Fsp3) is 0.375. The maximum absolute atomic E-state index is 14.8. The van der Waals surface area contributed by atoms with Crippen LogP contribution in [0.1, 0.15) is 34.8 Å². The lowest BCUT2D eigenvalue weighted by Crippen LogP contribution is -2.38. The molecule has 1 amide bonds. The fourth-order valence-electron chi connectivity index (χ4n) is 5.12. The van der Waals surface area contributed by atoms with Crippen molar-refractivity contribution < 1.29 is 28.2 Å². The monoisotopic (exact) mass is 470 g/mol. The van der Waals surface area contributed by atoms with E-state index in [0.29, 0.717) is 48.5 Å². The van der Waals surface area contributed by atoms with Gasteiger partial charge in [0.2, 0.25) is 5.91 Å². The Morgan fingerprint density at radius 2 is 1.94 bits per heavy atom. The fourth-order valence-corrected chi connectivity index (χ4v) is 5.12. The highest BCUT2D eigenvalue weighted by atomic mass is 19.1. The number of ether oxygens (including phenoxy) is 1. The van der Waals surface area contributed by atoms with Gasteiger partial charge in [-0.15, -0.1) is 0 Å². The smallest absolute Gasteiger partial charge is 0.357 e. The molecule has 10 heteroatoms. The Labute approximate surface area is 193 Å². The van der Waals surface area contributed by atoms with Gasteiger partial charge in [-0.25, -0.2) is 13.6 Å². The molecule has 0 unspecified atom stereocenters. The van der Waals surface area contributed by atoms with Crippen LogP contribution in [-0.2, 0) is 9.53 Å². The van der Waals surface area contributed by atoms with Gasteiger partial charge in [0.05, 0.1) is 22.5 Å². The number of nitrogens with zero attached hydrogens (tertiary/aromatic N) is 2. The summed E-state index contributed by atoms with van der Waals surface area (Å²) in [5, 5.41) is 19.1. The van der Waals surface area contributed by atoms with Gasteiger partial charge in [0.25, 0.3) is 0 Å². The normalized spacial score (nSPS) is 21.7. The summed E-state index contributed by atoms with van der Waals surface area (Å²) < 4.78 is 33.8. The van der Waals surface area contributed by atoms with Crippen LogP contribution in [0.3, 0.4) is 0 Å². The Morgan fingerprint density at radius 3 is 2.68 bits per heavy atom. The summed E-state index contributed by atoms with van der Waals surface area (Å²) in [6, 6.07) is 8.63. The number of aromatic nitrogens is 2. The molecule has 0 aliphatic carbocycles. The van der Waals surface area contributed by atoms with Crippen molar-refractivity contribution in [3.05, 3.63) is 59.3 Å². The van der Waals surface area contributed by atoms with Crippen molar-refractivity contribution in [1.82, 2.24) is 15.1 Å². The first-order valence-electron chi connectivity index (χ1n) is 11.2. The molecule has 3 N–H and O–H groups in total. The molecule has 178 valence electrons. The Hall–Kier alpha value is -3.37. The molecule has 2 saturated heterocycles. The third kappa shape index (κ3) is 4.14. The van der Waals surface area contributed by atoms with E-state index in [1.807, 2.05) is 0 Å². The number of carboxylic acid groups (broad SMARTS) is 1. The Morgan fingerprint density at radius 1 is 1.15 bits per heavy atom. The molecule has 0 saturated carbocycles. The van der Waals surface area contributed by atoms with Gasteiger partial charge in [-0.3, -0.25) is 14.8 Å². The van der Waals surface area contributed by atoms with E-state index >= 15 is 0 Å². The molecule has 2 aromatic carbocycles. The van der Waals surface area contributed by atoms with Crippen molar-refractivity contribution in [3.8, 4) is 0 Å². The zero-order chi connectivity index (χ0) is 23.8. The summed E-state index contributed by atoms with van der Waals surface area (Å²) in [4.78, 5) is 27.3. The summed E-state index contributed by atoms with van der Waals surface area (Å²) in [5.41, 5.74) is 0.897. The standard InChI is InChI=1S/C24H24F2N4O4/c25-13-4-5-15(18(26)10-13)16-11-30(14-6-8-34-9-7-14)12-17(16)23(31)27-19-2-1-3-20-21(19)22(24(32)33)29-28-20/h1-5,10,14,16-17H,6-9,11-12H2,(H,27,31)(H,28,29)(H,32,33)/t16-,17+/m0/s1. The number of fused-ring (bicyclic) bond motifs is 1. The van der Waals surface area contributed by atoms with Crippen molar-refractivity contribution in [3.63, 3.8) is 0 Å². The lowest BCUT2D eigenvalue weighted by Gasteiger charge is -2.31. The largest absolute Gasteiger partial charge is 0.476 e. The number of anilines is 1. The van der Waals surface area contributed by atoms with E-state index in [4.69, 9.17) is 4.74 Å². The molecule has 0 bridgehead atoms. The number of amides is 1. The Bertz CT molecular complexity index is 1240. The van der Waals surface area contributed by atoms with Crippen molar-refractivity contribution >= 4 is 28.5 Å². The van der Waals surface area contributed by atoms with Crippen LogP contribution in [0.2, 0.25) is 0 Å². The molecule has 0 spiro atoms. The summed E-state index contributed by atoms with van der Waals surface area (Å²) in [6.07, 6.45) is 1.65. The SMILES string of the molecule is O=C(O)c1n[nH]c2cccc(NC(=O)[C@@H]3CN(C4CCOCC4)C[C@H]3c3ccc(F)cc3F)c12. The predicted octanol–water partition coefficient (Wildman–Crippen LogP) is 3.37. The van der Waals surface area contributed by atoms with Crippen LogP contribution in [0.4, 0.5) is 14.5 Å². The van der Waals surface area contributed by atoms with Gasteiger partial charge in [-0.2, -0.15) is 5.10 Å². The number of aromatic carboxylic acids is 1. The number of hydrogen-bond donors (Lipinski definition) is 3. The van der Waals surface area contributed by atoms with Crippen LogP contribution in [0.25, 0.3) is 10.9 Å². The summed E-state index contributed by atoms with van der Waals surface area (Å²) in [7, 11) is 0. The molecule has 34 heavy (non-hydrogen) atoms. The maximum Gasteiger partial charge on any atom is 0.357 e. The number of benzene rings is 2. The first-order chi connectivity index (χ1) is 16.4. The molecular formula is C24H24F2N4O4. The van der Waals surface area contributed by atoms with Crippen LogP contribution in [0.15, 0.2) is 36.4 Å². The van der Waals surface area contributed by atoms with E-state index < -0.39 is 29.4 Å². The van der Waals surface area contributed by atoms with E-state index in [-0.39, 0.29) is 17.6 Å². The number of halogens is 2. The first-order valence-corrected chi connectivity index (χ1v) is 11.2. The number of rotatable bonds is 5. The Balaban J connectivity index is 1.47. The third-order valence-electron chi connectivity index (χ3n) is 6.80.